The van der Waals surface area contributed by atoms with Gasteiger partial charge in [0, 0.05) is 17.8 Å². The Labute approximate surface area is 178 Å². The van der Waals surface area contributed by atoms with E-state index in [-0.39, 0.29) is 5.92 Å². The highest BCUT2D eigenvalue weighted by Crippen LogP contribution is 2.43. The smallest absolute Gasteiger partial charge is 0.108 e. The fourth-order valence-electron chi connectivity index (χ4n) is 4.47. The fourth-order valence-corrected chi connectivity index (χ4v) is 4.47. The Balaban J connectivity index is 2.05. The van der Waals surface area contributed by atoms with Gasteiger partial charge in [-0.1, -0.05) is 97.9 Å². The second-order valence-corrected chi connectivity index (χ2v) is 9.57. The molecule has 1 heteroatoms. The summed E-state index contributed by atoms with van der Waals surface area (Å²) in [6, 6.07) is 13.6. The Morgan fingerprint density at radius 1 is 0.655 bits per heavy atom. The summed E-state index contributed by atoms with van der Waals surface area (Å²) in [5.41, 5.74) is 8.46. The van der Waals surface area contributed by atoms with E-state index >= 15 is 0 Å². The van der Waals surface area contributed by atoms with E-state index in [2.05, 4.69) is 116 Å². The standard InChI is InChI=1S/C28H37N/c1-18(2)23-11-9-12-24(19(3)4)27(23)22-15-16-29(17-22)28-25(20(5)6)13-10-14-26(28)21(7)8/h9-16,18-22H,1-8H3. The van der Waals surface area contributed by atoms with Crippen LogP contribution in [0.5, 0.6) is 0 Å². The zero-order chi connectivity index (χ0) is 21.3. The number of nitrogens with zero attached hydrogens (tertiary/aromatic N) is 1. The molecule has 1 heterocycles. The maximum absolute atomic E-state index is 3.83. The van der Waals surface area contributed by atoms with Gasteiger partial charge in [-0.05, 0) is 51.5 Å². The minimum atomic E-state index is 0.200. The number of hydrogen-bond donors (Lipinski definition) is 0. The average molecular weight is 388 g/mol. The van der Waals surface area contributed by atoms with Gasteiger partial charge in [0.25, 0.3) is 0 Å². The molecule has 0 aromatic heterocycles. The van der Waals surface area contributed by atoms with Crippen LogP contribution < -0.4 is 4.90 Å². The highest BCUT2D eigenvalue weighted by molar-refractivity contribution is 5.67. The Hall–Kier alpha value is -2.02. The van der Waals surface area contributed by atoms with Crippen LogP contribution in [0.15, 0.2) is 48.7 Å². The van der Waals surface area contributed by atoms with Crippen LogP contribution in [0.2, 0.25) is 0 Å². The van der Waals surface area contributed by atoms with Gasteiger partial charge in [-0.2, -0.15) is 0 Å². The summed E-state index contributed by atoms with van der Waals surface area (Å²) < 4.78 is 0. The quantitative estimate of drug-likeness (QED) is 0.481. The van der Waals surface area contributed by atoms with Crippen molar-refractivity contribution in [2.45, 2.75) is 85.0 Å². The summed E-state index contributed by atoms with van der Waals surface area (Å²) >= 11 is 0. The van der Waals surface area contributed by atoms with Crippen LogP contribution in [-0.4, -0.2) is 0 Å². The lowest BCUT2D eigenvalue weighted by Gasteiger charge is -2.28. The van der Waals surface area contributed by atoms with E-state index in [4.69, 9.17) is 0 Å². The van der Waals surface area contributed by atoms with Crippen molar-refractivity contribution in [1.29, 1.82) is 0 Å². The maximum atomic E-state index is 3.83. The topological polar surface area (TPSA) is 3.24 Å². The molecule has 0 aliphatic carbocycles. The number of rotatable bonds is 6. The summed E-state index contributed by atoms with van der Waals surface area (Å²) in [5.74, 6) is 2.16. The molecule has 1 aliphatic heterocycles. The first-order valence-corrected chi connectivity index (χ1v) is 11.2. The van der Waals surface area contributed by atoms with Crippen LogP contribution in [0.3, 0.4) is 0 Å². The zero-order valence-electron chi connectivity index (χ0n) is 19.5. The summed E-state index contributed by atoms with van der Waals surface area (Å²) in [4.78, 5) is 2.27. The van der Waals surface area contributed by atoms with Crippen molar-refractivity contribution < 1.29 is 0 Å². The second kappa shape index (κ2) is 8.78. The lowest BCUT2D eigenvalue weighted by molar-refractivity contribution is 0.781. The third-order valence-electron chi connectivity index (χ3n) is 6.02. The van der Waals surface area contributed by atoms with Gasteiger partial charge in [0.1, 0.15) is 6.54 Å². The highest BCUT2D eigenvalue weighted by Gasteiger charge is 2.29. The molecular formula is C28H37N. The van der Waals surface area contributed by atoms with Gasteiger partial charge in [-0.25, -0.2) is 0 Å². The van der Waals surface area contributed by atoms with Gasteiger partial charge >= 0.3 is 0 Å². The number of anilines is 1. The first kappa shape index (κ1) is 21.7. The van der Waals surface area contributed by atoms with Crippen molar-refractivity contribution in [3.05, 3.63) is 83.0 Å². The summed E-state index contributed by atoms with van der Waals surface area (Å²) in [7, 11) is 0. The van der Waals surface area contributed by atoms with Gasteiger partial charge in [-0.15, -0.1) is 0 Å². The molecule has 0 amide bonds. The fraction of sp³-hybridized carbons (Fsp3) is 0.464. The number of benzene rings is 2. The SMILES string of the molecule is CC(C)c1cccc(C(C)C)c1C1[C]N(c2c(C(C)C)cccc2C(C)C)C=C1. The van der Waals surface area contributed by atoms with Crippen molar-refractivity contribution in [1.82, 2.24) is 0 Å². The molecule has 29 heavy (non-hydrogen) atoms. The Morgan fingerprint density at radius 2 is 1.07 bits per heavy atom. The Bertz CT molecular complexity index is 746. The molecule has 154 valence electrons. The first-order chi connectivity index (χ1) is 13.7. The van der Waals surface area contributed by atoms with E-state index in [0.29, 0.717) is 23.7 Å². The van der Waals surface area contributed by atoms with E-state index in [1.807, 2.05) is 0 Å². The number of hydrogen-bond acceptors (Lipinski definition) is 1. The zero-order valence-corrected chi connectivity index (χ0v) is 19.5. The van der Waals surface area contributed by atoms with Gasteiger partial charge in [0.15, 0.2) is 0 Å². The van der Waals surface area contributed by atoms with E-state index in [1.165, 1.54) is 33.5 Å². The molecule has 2 aromatic carbocycles. The van der Waals surface area contributed by atoms with Crippen molar-refractivity contribution in [2.75, 3.05) is 4.90 Å². The third-order valence-corrected chi connectivity index (χ3v) is 6.02. The molecule has 0 N–H and O–H groups in total. The van der Waals surface area contributed by atoms with Crippen molar-refractivity contribution in [3.63, 3.8) is 0 Å². The molecule has 3 rings (SSSR count). The van der Waals surface area contributed by atoms with Crippen LogP contribution >= 0.6 is 0 Å². The molecule has 0 spiro atoms. The van der Waals surface area contributed by atoms with Gasteiger partial charge in [0.2, 0.25) is 0 Å². The van der Waals surface area contributed by atoms with Crippen LogP contribution in [-0.2, 0) is 0 Å². The lowest BCUT2D eigenvalue weighted by Crippen LogP contribution is -2.17. The predicted molar refractivity (Wildman–Crippen MR) is 127 cm³/mol. The lowest BCUT2D eigenvalue weighted by atomic mass is 9.82. The van der Waals surface area contributed by atoms with Crippen LogP contribution in [0, 0.1) is 6.54 Å². The van der Waals surface area contributed by atoms with Gasteiger partial charge in [-0.3, -0.25) is 0 Å². The average Bonchev–Trinajstić information content (AvgIpc) is 3.15. The summed E-state index contributed by atoms with van der Waals surface area (Å²) in [5, 5.41) is 0. The molecule has 2 aromatic rings. The molecule has 1 atom stereocenters. The van der Waals surface area contributed by atoms with Gasteiger partial charge < -0.3 is 4.90 Å². The van der Waals surface area contributed by atoms with Crippen molar-refractivity contribution in [3.8, 4) is 0 Å². The van der Waals surface area contributed by atoms with E-state index in [1.54, 1.807) is 0 Å². The molecule has 1 unspecified atom stereocenters. The van der Waals surface area contributed by atoms with Crippen molar-refractivity contribution in [2.24, 2.45) is 0 Å². The molecule has 0 saturated carbocycles. The second-order valence-electron chi connectivity index (χ2n) is 9.57. The Kier molecular flexibility index (Phi) is 6.56. The van der Waals surface area contributed by atoms with Crippen LogP contribution in [0.1, 0.15) is 113 Å². The molecule has 2 radical (unpaired) electrons. The Morgan fingerprint density at radius 3 is 1.48 bits per heavy atom. The van der Waals surface area contributed by atoms with Crippen LogP contribution in [0.4, 0.5) is 5.69 Å². The molecule has 0 bridgehead atoms. The monoisotopic (exact) mass is 387 g/mol. The minimum absolute atomic E-state index is 0.200. The predicted octanol–water partition coefficient (Wildman–Crippen LogP) is 8.34. The summed E-state index contributed by atoms with van der Waals surface area (Å²) in [6.45, 7) is 22.1. The number of para-hydroxylation sites is 1. The third kappa shape index (κ3) is 4.29. The molecular weight excluding hydrogens is 350 g/mol. The minimum Gasteiger partial charge on any atom is -0.336 e. The summed E-state index contributed by atoms with van der Waals surface area (Å²) in [6.07, 6.45) is 4.56. The van der Waals surface area contributed by atoms with E-state index < -0.39 is 0 Å². The van der Waals surface area contributed by atoms with Crippen LogP contribution in [0.25, 0.3) is 0 Å². The normalized spacial score (nSPS) is 16.8. The van der Waals surface area contributed by atoms with Crippen molar-refractivity contribution >= 4 is 5.69 Å². The maximum Gasteiger partial charge on any atom is 0.108 e. The van der Waals surface area contributed by atoms with Gasteiger partial charge in [0.05, 0.1) is 0 Å². The molecule has 1 nitrogen and oxygen atoms in total. The molecule has 0 fully saturated rings. The molecule has 1 aliphatic rings. The van der Waals surface area contributed by atoms with E-state index in [0.717, 1.165) is 0 Å². The first-order valence-electron chi connectivity index (χ1n) is 11.2. The molecule has 0 saturated heterocycles. The highest BCUT2D eigenvalue weighted by atomic mass is 15.1. The largest absolute Gasteiger partial charge is 0.336 e. The van der Waals surface area contributed by atoms with E-state index in [9.17, 15) is 0 Å².